The Bertz CT molecular complexity index is 399. The Balaban J connectivity index is 1.40. The lowest BCUT2D eigenvalue weighted by molar-refractivity contribution is -0.142. The van der Waals surface area contributed by atoms with Gasteiger partial charge in [0.1, 0.15) is 0 Å². The van der Waals surface area contributed by atoms with Gasteiger partial charge in [0.25, 0.3) is 0 Å². The second-order valence-electron chi connectivity index (χ2n) is 7.10. The highest BCUT2D eigenvalue weighted by Crippen LogP contribution is 2.25. The van der Waals surface area contributed by atoms with Crippen molar-refractivity contribution < 1.29 is 9.59 Å². The number of carbonyl (C=O) groups excluding carboxylic acids is 2. The predicted octanol–water partition coefficient (Wildman–Crippen LogP) is 1.33. The summed E-state index contributed by atoms with van der Waals surface area (Å²) < 4.78 is 0. The summed E-state index contributed by atoms with van der Waals surface area (Å²) in [6.45, 7) is 5.91. The number of amides is 2. The number of piperazine rings is 1. The maximum absolute atomic E-state index is 12.4. The van der Waals surface area contributed by atoms with Crippen molar-refractivity contribution in [1.29, 1.82) is 0 Å². The van der Waals surface area contributed by atoms with E-state index in [-0.39, 0.29) is 11.8 Å². The van der Waals surface area contributed by atoms with Crippen molar-refractivity contribution in [3.05, 3.63) is 0 Å². The van der Waals surface area contributed by atoms with E-state index in [4.69, 9.17) is 0 Å². The van der Waals surface area contributed by atoms with Gasteiger partial charge in [-0.3, -0.25) is 14.5 Å². The maximum Gasteiger partial charge on any atom is 0.242 e. The van der Waals surface area contributed by atoms with E-state index in [1.54, 1.807) is 4.90 Å². The minimum Gasteiger partial charge on any atom is -0.339 e. The summed E-state index contributed by atoms with van der Waals surface area (Å²) in [5.74, 6) is 1.17. The molecule has 3 rings (SSSR count). The molecule has 0 unspecified atom stereocenters. The Kier molecular flexibility index (Phi) is 5.34. The van der Waals surface area contributed by atoms with Crippen LogP contribution < -0.4 is 0 Å². The molecule has 22 heavy (non-hydrogen) atoms. The first kappa shape index (κ1) is 15.8. The molecule has 0 aromatic heterocycles. The first-order chi connectivity index (χ1) is 10.7. The van der Waals surface area contributed by atoms with Crippen LogP contribution in [0.4, 0.5) is 0 Å². The minimum absolute atomic E-state index is 0.135. The first-order valence-corrected chi connectivity index (χ1v) is 9.00. The van der Waals surface area contributed by atoms with Gasteiger partial charge in [-0.25, -0.2) is 0 Å². The molecule has 0 N–H and O–H groups in total. The number of hydrogen-bond acceptors (Lipinski definition) is 3. The molecule has 2 heterocycles. The molecule has 5 heteroatoms. The maximum atomic E-state index is 12.4. The fraction of sp³-hybridized carbons (Fsp3) is 0.882. The molecule has 1 aliphatic carbocycles. The molecule has 0 spiro atoms. The third-order valence-corrected chi connectivity index (χ3v) is 5.46. The summed E-state index contributed by atoms with van der Waals surface area (Å²) in [5.41, 5.74) is 0. The Morgan fingerprint density at radius 1 is 0.955 bits per heavy atom. The molecular weight excluding hydrogens is 278 g/mol. The fourth-order valence-electron chi connectivity index (χ4n) is 4.03. The lowest BCUT2D eigenvalue weighted by Gasteiger charge is -2.37. The summed E-state index contributed by atoms with van der Waals surface area (Å²) >= 11 is 0. The van der Waals surface area contributed by atoms with E-state index in [1.165, 1.54) is 32.2 Å². The van der Waals surface area contributed by atoms with Crippen LogP contribution in [0, 0.1) is 5.92 Å². The molecule has 0 atom stereocenters. The van der Waals surface area contributed by atoms with Crippen molar-refractivity contribution in [3.63, 3.8) is 0 Å². The number of nitrogens with zero attached hydrogens (tertiary/aromatic N) is 3. The van der Waals surface area contributed by atoms with Gasteiger partial charge >= 0.3 is 0 Å². The van der Waals surface area contributed by atoms with Crippen molar-refractivity contribution in [2.75, 3.05) is 45.8 Å². The highest BCUT2D eigenvalue weighted by atomic mass is 16.2. The minimum atomic E-state index is 0.135. The van der Waals surface area contributed by atoms with Gasteiger partial charge in [-0.15, -0.1) is 0 Å². The topological polar surface area (TPSA) is 43.9 Å². The molecule has 1 saturated carbocycles. The largest absolute Gasteiger partial charge is 0.339 e. The highest BCUT2D eigenvalue weighted by molar-refractivity contribution is 5.85. The van der Waals surface area contributed by atoms with Crippen LogP contribution in [0.1, 0.15) is 44.9 Å². The molecule has 0 aromatic carbocycles. The van der Waals surface area contributed by atoms with Crippen LogP contribution in [0.2, 0.25) is 0 Å². The summed E-state index contributed by atoms with van der Waals surface area (Å²) in [6.07, 6.45) is 8.19. The van der Waals surface area contributed by atoms with Gasteiger partial charge in [-0.05, 0) is 31.6 Å². The molecule has 2 amide bonds. The van der Waals surface area contributed by atoms with Crippen LogP contribution in [0.5, 0.6) is 0 Å². The lowest BCUT2D eigenvalue weighted by atomic mass is 10.1. The average molecular weight is 307 g/mol. The smallest absolute Gasteiger partial charge is 0.242 e. The van der Waals surface area contributed by atoms with Gasteiger partial charge in [0, 0.05) is 45.7 Å². The van der Waals surface area contributed by atoms with E-state index in [1.807, 2.05) is 4.90 Å². The summed E-state index contributed by atoms with van der Waals surface area (Å²) in [5, 5.41) is 0. The second kappa shape index (κ2) is 7.44. The molecule has 2 aliphatic heterocycles. The Morgan fingerprint density at radius 3 is 2.36 bits per heavy atom. The quantitative estimate of drug-likeness (QED) is 0.787. The third-order valence-electron chi connectivity index (χ3n) is 5.46. The number of rotatable bonds is 4. The molecule has 2 saturated heterocycles. The summed E-state index contributed by atoms with van der Waals surface area (Å²) in [4.78, 5) is 30.4. The van der Waals surface area contributed by atoms with E-state index in [9.17, 15) is 9.59 Å². The molecule has 0 aromatic rings. The van der Waals surface area contributed by atoms with E-state index in [2.05, 4.69) is 4.90 Å². The van der Waals surface area contributed by atoms with E-state index in [0.717, 1.165) is 51.5 Å². The van der Waals surface area contributed by atoms with Crippen LogP contribution >= 0.6 is 0 Å². The average Bonchev–Trinajstić information content (AvgIpc) is 3.03. The van der Waals surface area contributed by atoms with Gasteiger partial charge in [-0.2, -0.15) is 0 Å². The molecule has 0 radical (unpaired) electrons. The highest BCUT2D eigenvalue weighted by Gasteiger charge is 2.27. The van der Waals surface area contributed by atoms with Crippen LogP contribution in [-0.4, -0.2) is 72.3 Å². The van der Waals surface area contributed by atoms with Crippen molar-refractivity contribution in [1.82, 2.24) is 14.7 Å². The van der Waals surface area contributed by atoms with Crippen molar-refractivity contribution >= 4 is 11.8 Å². The van der Waals surface area contributed by atoms with Gasteiger partial charge < -0.3 is 9.80 Å². The van der Waals surface area contributed by atoms with Gasteiger partial charge in [0.15, 0.2) is 0 Å². The van der Waals surface area contributed by atoms with E-state index < -0.39 is 0 Å². The normalized spacial score (nSPS) is 25.0. The molecule has 5 nitrogen and oxygen atoms in total. The Labute approximate surface area is 133 Å². The standard InChI is InChI=1S/C17H29N3O2/c21-16-7-3-4-8-20(16)14-17(22)19-11-9-18(10-12-19)13-15-5-1-2-6-15/h15H,1-14H2. The number of hydrogen-bond donors (Lipinski definition) is 0. The number of piperidine rings is 1. The second-order valence-corrected chi connectivity index (χ2v) is 7.10. The number of carbonyl (C=O) groups is 2. The van der Waals surface area contributed by atoms with Crippen molar-refractivity contribution in [3.8, 4) is 0 Å². The monoisotopic (exact) mass is 307 g/mol. The third kappa shape index (κ3) is 4.00. The molecule has 3 fully saturated rings. The SMILES string of the molecule is O=C(CN1CCCCC1=O)N1CCN(CC2CCCC2)CC1. The van der Waals surface area contributed by atoms with Gasteiger partial charge in [0.2, 0.25) is 11.8 Å². The van der Waals surface area contributed by atoms with Crippen LogP contribution in [0.25, 0.3) is 0 Å². The fourth-order valence-corrected chi connectivity index (χ4v) is 4.03. The lowest BCUT2D eigenvalue weighted by Crippen LogP contribution is -2.52. The molecule has 0 bridgehead atoms. The first-order valence-electron chi connectivity index (χ1n) is 9.00. The van der Waals surface area contributed by atoms with Crippen molar-refractivity contribution in [2.24, 2.45) is 5.92 Å². The van der Waals surface area contributed by atoms with Gasteiger partial charge in [0.05, 0.1) is 6.54 Å². The zero-order chi connectivity index (χ0) is 15.4. The summed E-state index contributed by atoms with van der Waals surface area (Å²) in [6, 6.07) is 0. The Morgan fingerprint density at radius 2 is 1.68 bits per heavy atom. The van der Waals surface area contributed by atoms with E-state index in [0.29, 0.717) is 13.0 Å². The predicted molar refractivity (Wildman–Crippen MR) is 85.4 cm³/mol. The van der Waals surface area contributed by atoms with Gasteiger partial charge in [-0.1, -0.05) is 12.8 Å². The Hall–Kier alpha value is -1.10. The van der Waals surface area contributed by atoms with Crippen LogP contribution in [-0.2, 0) is 9.59 Å². The number of likely N-dealkylation sites (tertiary alicyclic amines) is 1. The van der Waals surface area contributed by atoms with E-state index >= 15 is 0 Å². The summed E-state index contributed by atoms with van der Waals surface area (Å²) in [7, 11) is 0. The zero-order valence-electron chi connectivity index (χ0n) is 13.6. The molecule has 124 valence electrons. The van der Waals surface area contributed by atoms with Crippen molar-refractivity contribution in [2.45, 2.75) is 44.9 Å². The van der Waals surface area contributed by atoms with Crippen LogP contribution in [0.15, 0.2) is 0 Å². The van der Waals surface area contributed by atoms with Crippen LogP contribution in [0.3, 0.4) is 0 Å². The molecule has 3 aliphatic rings. The molecular formula is C17H29N3O2. The zero-order valence-corrected chi connectivity index (χ0v) is 13.6.